The highest BCUT2D eigenvalue weighted by Crippen LogP contribution is 2.32. The normalized spacial score (nSPS) is 14.3. The molecule has 1 rings (SSSR count). The van der Waals surface area contributed by atoms with Crippen molar-refractivity contribution in [2.45, 2.75) is 58.0 Å². The van der Waals surface area contributed by atoms with Crippen molar-refractivity contribution in [2.24, 2.45) is 0 Å². The van der Waals surface area contributed by atoms with Crippen molar-refractivity contribution < 1.29 is 27.8 Å². The van der Waals surface area contributed by atoms with Gasteiger partial charge in [0.05, 0.1) is 17.2 Å². The Morgan fingerprint density at radius 3 is 1.91 bits per heavy atom. The first-order valence-electron chi connectivity index (χ1n) is 7.09. The molecule has 1 aromatic rings. The van der Waals surface area contributed by atoms with Crippen LogP contribution in [0.1, 0.15) is 51.8 Å². The van der Waals surface area contributed by atoms with Crippen LogP contribution in [0.15, 0.2) is 24.3 Å². The van der Waals surface area contributed by atoms with Crippen molar-refractivity contribution in [2.75, 3.05) is 0 Å². The summed E-state index contributed by atoms with van der Waals surface area (Å²) in [6, 6.07) is 3.35. The van der Waals surface area contributed by atoms with E-state index in [0.717, 1.165) is 12.1 Å². The van der Waals surface area contributed by atoms with E-state index in [-0.39, 0.29) is 0 Å². The molecule has 0 aliphatic carbocycles. The number of rotatable bonds is 3. The van der Waals surface area contributed by atoms with Crippen LogP contribution < -0.4 is 5.32 Å². The first kappa shape index (κ1) is 19.3. The molecule has 1 atom stereocenters. The molecule has 23 heavy (non-hydrogen) atoms. The quantitative estimate of drug-likeness (QED) is 0.877. The zero-order chi connectivity index (χ0) is 18.1. The fourth-order valence-electron chi connectivity index (χ4n) is 1.96. The Balaban J connectivity index is 3.02. The molecule has 130 valence electrons. The number of hydrogen-bond acceptors (Lipinski definition) is 3. The second-order valence-electron chi connectivity index (χ2n) is 6.85. The smallest absolute Gasteiger partial charge is 0.416 e. The summed E-state index contributed by atoms with van der Waals surface area (Å²) in [5.74, 6) is 0. The molecular weight excluding hydrogens is 311 g/mol. The molecule has 0 heterocycles. The number of carbonyl (C=O) groups is 1. The molecule has 0 aromatic heterocycles. The lowest BCUT2D eigenvalue weighted by atomic mass is 9.91. The van der Waals surface area contributed by atoms with E-state index in [0.29, 0.717) is 5.56 Å². The second-order valence-corrected chi connectivity index (χ2v) is 6.85. The summed E-state index contributed by atoms with van der Waals surface area (Å²) in [5.41, 5.74) is -2.57. The van der Waals surface area contributed by atoms with Crippen LogP contribution in [0.2, 0.25) is 0 Å². The standard InChI is InChI=1S/C16H22F3NO3/c1-14(2,3)23-13(21)20-12(15(4,5)22)10-6-8-11(9-7-10)16(17,18)19/h6-9,12,22H,1-5H3,(H,20,21). The van der Waals surface area contributed by atoms with Gasteiger partial charge in [0.15, 0.2) is 0 Å². The van der Waals surface area contributed by atoms with Gasteiger partial charge in [0.25, 0.3) is 0 Å². The zero-order valence-electron chi connectivity index (χ0n) is 13.8. The summed E-state index contributed by atoms with van der Waals surface area (Å²) in [6.07, 6.45) is -5.20. The minimum Gasteiger partial charge on any atom is -0.444 e. The first-order chi connectivity index (χ1) is 10.2. The molecule has 1 aromatic carbocycles. The van der Waals surface area contributed by atoms with E-state index in [2.05, 4.69) is 5.32 Å². The van der Waals surface area contributed by atoms with Gasteiger partial charge in [0.1, 0.15) is 5.60 Å². The first-order valence-corrected chi connectivity index (χ1v) is 7.09. The topological polar surface area (TPSA) is 58.6 Å². The average Bonchev–Trinajstić information content (AvgIpc) is 2.31. The highest BCUT2D eigenvalue weighted by atomic mass is 19.4. The number of benzene rings is 1. The van der Waals surface area contributed by atoms with Gasteiger partial charge in [-0.1, -0.05) is 12.1 Å². The van der Waals surface area contributed by atoms with Crippen LogP contribution in [0, 0.1) is 0 Å². The molecule has 2 N–H and O–H groups in total. The Kier molecular flexibility index (Phi) is 5.36. The van der Waals surface area contributed by atoms with Crippen LogP contribution in [-0.4, -0.2) is 22.4 Å². The highest BCUT2D eigenvalue weighted by molar-refractivity contribution is 5.68. The van der Waals surface area contributed by atoms with E-state index >= 15 is 0 Å². The molecule has 0 spiro atoms. The van der Waals surface area contributed by atoms with Crippen LogP contribution >= 0.6 is 0 Å². The molecule has 0 fully saturated rings. The molecule has 1 amide bonds. The monoisotopic (exact) mass is 333 g/mol. The van der Waals surface area contributed by atoms with Crippen molar-refractivity contribution in [3.63, 3.8) is 0 Å². The Hall–Kier alpha value is -1.76. The second kappa shape index (κ2) is 6.39. The molecule has 7 heteroatoms. The fraction of sp³-hybridized carbons (Fsp3) is 0.562. The molecular formula is C16H22F3NO3. The lowest BCUT2D eigenvalue weighted by Crippen LogP contribution is -2.44. The largest absolute Gasteiger partial charge is 0.444 e. The van der Waals surface area contributed by atoms with Crippen LogP contribution in [0.25, 0.3) is 0 Å². The van der Waals surface area contributed by atoms with E-state index in [1.807, 2.05) is 0 Å². The SMILES string of the molecule is CC(C)(C)OC(=O)NC(c1ccc(C(F)(F)F)cc1)C(C)(C)O. The van der Waals surface area contributed by atoms with Gasteiger partial charge in [-0.3, -0.25) is 0 Å². The number of hydrogen-bond donors (Lipinski definition) is 2. The zero-order valence-corrected chi connectivity index (χ0v) is 13.8. The highest BCUT2D eigenvalue weighted by Gasteiger charge is 2.34. The molecule has 0 aliphatic heterocycles. The third-order valence-corrected chi connectivity index (χ3v) is 2.94. The van der Waals surface area contributed by atoms with Gasteiger partial charge in [-0.2, -0.15) is 13.2 Å². The van der Waals surface area contributed by atoms with Gasteiger partial charge in [0, 0.05) is 0 Å². The van der Waals surface area contributed by atoms with Crippen LogP contribution in [0.5, 0.6) is 0 Å². The summed E-state index contributed by atoms with van der Waals surface area (Å²) >= 11 is 0. The molecule has 0 bridgehead atoms. The number of aliphatic hydroxyl groups is 1. The Morgan fingerprint density at radius 2 is 1.57 bits per heavy atom. The predicted molar refractivity (Wildman–Crippen MR) is 79.9 cm³/mol. The summed E-state index contributed by atoms with van der Waals surface area (Å²) in [5, 5.41) is 12.7. The predicted octanol–water partition coefficient (Wildman–Crippen LogP) is 4.04. The minimum absolute atomic E-state index is 0.344. The van der Waals surface area contributed by atoms with Crippen LogP contribution in [0.3, 0.4) is 0 Å². The average molecular weight is 333 g/mol. The molecule has 0 saturated heterocycles. The van der Waals surface area contributed by atoms with E-state index < -0.39 is 35.1 Å². The Bertz CT molecular complexity index is 540. The Morgan fingerprint density at radius 1 is 1.09 bits per heavy atom. The number of alkyl halides is 3. The minimum atomic E-state index is -4.44. The van der Waals surface area contributed by atoms with Gasteiger partial charge in [-0.15, -0.1) is 0 Å². The summed E-state index contributed by atoms with van der Waals surface area (Å²) in [6.45, 7) is 7.96. The molecule has 0 saturated carbocycles. The van der Waals surface area contributed by atoms with Gasteiger partial charge in [-0.05, 0) is 52.3 Å². The summed E-state index contributed by atoms with van der Waals surface area (Å²) in [7, 11) is 0. The number of halogens is 3. The number of alkyl carbamates (subject to hydrolysis) is 1. The van der Waals surface area contributed by atoms with E-state index in [1.54, 1.807) is 20.8 Å². The third kappa shape index (κ3) is 6.09. The van der Waals surface area contributed by atoms with Crippen molar-refractivity contribution in [3.05, 3.63) is 35.4 Å². The van der Waals surface area contributed by atoms with Gasteiger partial charge in [-0.25, -0.2) is 4.79 Å². The number of carbonyl (C=O) groups excluding carboxylic acids is 1. The van der Waals surface area contributed by atoms with Crippen LogP contribution in [0.4, 0.5) is 18.0 Å². The van der Waals surface area contributed by atoms with Crippen molar-refractivity contribution in [1.82, 2.24) is 5.32 Å². The number of nitrogens with one attached hydrogen (secondary N) is 1. The molecule has 1 unspecified atom stereocenters. The van der Waals surface area contributed by atoms with E-state index in [9.17, 15) is 23.1 Å². The van der Waals surface area contributed by atoms with Crippen molar-refractivity contribution in [1.29, 1.82) is 0 Å². The number of amides is 1. The molecule has 0 radical (unpaired) electrons. The lowest BCUT2D eigenvalue weighted by molar-refractivity contribution is -0.137. The molecule has 4 nitrogen and oxygen atoms in total. The Labute approximate surface area is 133 Å². The van der Waals surface area contributed by atoms with E-state index in [4.69, 9.17) is 4.74 Å². The van der Waals surface area contributed by atoms with Crippen molar-refractivity contribution in [3.8, 4) is 0 Å². The van der Waals surface area contributed by atoms with Crippen molar-refractivity contribution >= 4 is 6.09 Å². The van der Waals surface area contributed by atoms with Gasteiger partial charge >= 0.3 is 12.3 Å². The maximum Gasteiger partial charge on any atom is 0.416 e. The summed E-state index contributed by atoms with van der Waals surface area (Å²) < 4.78 is 43.0. The lowest BCUT2D eigenvalue weighted by Gasteiger charge is -2.31. The van der Waals surface area contributed by atoms with Gasteiger partial charge in [0.2, 0.25) is 0 Å². The van der Waals surface area contributed by atoms with Gasteiger partial charge < -0.3 is 15.2 Å². The maximum absolute atomic E-state index is 12.6. The fourth-order valence-corrected chi connectivity index (χ4v) is 1.96. The van der Waals surface area contributed by atoms with E-state index in [1.165, 1.54) is 26.0 Å². The summed E-state index contributed by atoms with van der Waals surface area (Å²) in [4.78, 5) is 11.9. The third-order valence-electron chi connectivity index (χ3n) is 2.94. The number of ether oxygens (including phenoxy) is 1. The molecule has 0 aliphatic rings. The van der Waals surface area contributed by atoms with Crippen LogP contribution in [-0.2, 0) is 10.9 Å². The maximum atomic E-state index is 12.6.